The summed E-state index contributed by atoms with van der Waals surface area (Å²) in [6.07, 6.45) is 4.67. The van der Waals surface area contributed by atoms with Gasteiger partial charge in [-0.1, -0.05) is 13.3 Å². The first kappa shape index (κ1) is 12.5. The van der Waals surface area contributed by atoms with E-state index in [-0.39, 0.29) is 5.97 Å². The molecule has 0 aromatic carbocycles. The van der Waals surface area contributed by atoms with Crippen LogP contribution in [0.15, 0.2) is 0 Å². The molecule has 0 aromatic rings. The van der Waals surface area contributed by atoms with Gasteiger partial charge in [0.2, 0.25) is 0 Å². The summed E-state index contributed by atoms with van der Waals surface area (Å²) in [7, 11) is 2.00. The lowest BCUT2D eigenvalue weighted by molar-refractivity contribution is -0.145. The average Bonchev–Trinajstić information content (AvgIpc) is 3.00. The molecule has 3 heteroatoms. The van der Waals surface area contributed by atoms with E-state index in [1.54, 1.807) is 0 Å². The number of hydrogen-bond acceptors (Lipinski definition) is 3. The topological polar surface area (TPSA) is 29.5 Å². The maximum absolute atomic E-state index is 11.4. The third kappa shape index (κ3) is 4.65. The van der Waals surface area contributed by atoms with Gasteiger partial charge in [0.25, 0.3) is 0 Å². The zero-order chi connectivity index (χ0) is 11.3. The Morgan fingerprint density at radius 1 is 1.53 bits per heavy atom. The molecule has 88 valence electrons. The lowest BCUT2D eigenvalue weighted by Gasteiger charge is -2.23. The van der Waals surface area contributed by atoms with Crippen molar-refractivity contribution in [1.29, 1.82) is 0 Å². The van der Waals surface area contributed by atoms with Gasteiger partial charge in [0, 0.05) is 6.04 Å². The summed E-state index contributed by atoms with van der Waals surface area (Å²) in [5.41, 5.74) is 0. The van der Waals surface area contributed by atoms with Crippen molar-refractivity contribution in [3.8, 4) is 0 Å². The highest BCUT2D eigenvalue weighted by molar-refractivity contribution is 5.71. The molecule has 3 nitrogen and oxygen atoms in total. The number of carbonyl (C=O) groups excluding carboxylic acids is 1. The van der Waals surface area contributed by atoms with Gasteiger partial charge in [0.15, 0.2) is 0 Å². The van der Waals surface area contributed by atoms with E-state index in [1.807, 2.05) is 7.05 Å². The van der Waals surface area contributed by atoms with E-state index in [2.05, 4.69) is 18.7 Å². The molecule has 1 fully saturated rings. The van der Waals surface area contributed by atoms with E-state index in [0.29, 0.717) is 19.2 Å². The molecule has 0 heterocycles. The third-order valence-corrected chi connectivity index (χ3v) is 3.14. The van der Waals surface area contributed by atoms with E-state index < -0.39 is 0 Å². The van der Waals surface area contributed by atoms with Crippen molar-refractivity contribution in [1.82, 2.24) is 4.90 Å². The molecule has 1 rings (SSSR count). The first-order valence-corrected chi connectivity index (χ1v) is 6.01. The monoisotopic (exact) mass is 213 g/mol. The second-order valence-electron chi connectivity index (χ2n) is 4.57. The highest BCUT2D eigenvalue weighted by atomic mass is 16.5. The van der Waals surface area contributed by atoms with E-state index in [0.717, 1.165) is 18.8 Å². The SMILES string of the molecule is CCCCOC(=O)CN(C)C(C)C1CC1. The zero-order valence-electron chi connectivity index (χ0n) is 10.2. The van der Waals surface area contributed by atoms with Crippen molar-refractivity contribution in [2.45, 2.75) is 45.6 Å². The van der Waals surface area contributed by atoms with Gasteiger partial charge < -0.3 is 4.74 Å². The van der Waals surface area contributed by atoms with Crippen LogP contribution >= 0.6 is 0 Å². The molecule has 1 aliphatic carbocycles. The summed E-state index contributed by atoms with van der Waals surface area (Å²) < 4.78 is 5.12. The maximum atomic E-state index is 11.4. The summed E-state index contributed by atoms with van der Waals surface area (Å²) in [4.78, 5) is 13.5. The van der Waals surface area contributed by atoms with Crippen LogP contribution in [-0.4, -0.2) is 37.1 Å². The Morgan fingerprint density at radius 2 is 2.20 bits per heavy atom. The van der Waals surface area contributed by atoms with Gasteiger partial charge in [0.1, 0.15) is 0 Å². The molecule has 0 amide bonds. The van der Waals surface area contributed by atoms with Crippen LogP contribution in [0.5, 0.6) is 0 Å². The van der Waals surface area contributed by atoms with Crippen molar-refractivity contribution < 1.29 is 9.53 Å². The summed E-state index contributed by atoms with van der Waals surface area (Å²) in [6, 6.07) is 0.517. The summed E-state index contributed by atoms with van der Waals surface area (Å²) in [6.45, 7) is 5.29. The molecule has 1 saturated carbocycles. The largest absolute Gasteiger partial charge is 0.465 e. The average molecular weight is 213 g/mol. The number of unbranched alkanes of at least 4 members (excludes halogenated alkanes) is 1. The van der Waals surface area contributed by atoms with Crippen molar-refractivity contribution in [3.63, 3.8) is 0 Å². The lowest BCUT2D eigenvalue weighted by Crippen LogP contribution is -2.36. The molecule has 0 bridgehead atoms. The smallest absolute Gasteiger partial charge is 0.320 e. The minimum atomic E-state index is -0.0848. The van der Waals surface area contributed by atoms with Gasteiger partial charge in [-0.05, 0) is 39.2 Å². The van der Waals surface area contributed by atoms with E-state index in [4.69, 9.17) is 4.74 Å². The van der Waals surface area contributed by atoms with Crippen LogP contribution < -0.4 is 0 Å². The van der Waals surface area contributed by atoms with Crippen LogP contribution in [0.1, 0.15) is 39.5 Å². The number of hydrogen-bond donors (Lipinski definition) is 0. The van der Waals surface area contributed by atoms with Crippen LogP contribution in [0.2, 0.25) is 0 Å². The molecule has 0 aromatic heterocycles. The van der Waals surface area contributed by atoms with Crippen LogP contribution in [0.4, 0.5) is 0 Å². The highest BCUT2D eigenvalue weighted by Gasteiger charge is 2.31. The molecule has 1 unspecified atom stereocenters. The van der Waals surface area contributed by atoms with Crippen molar-refractivity contribution in [2.75, 3.05) is 20.2 Å². The molecule has 0 N–H and O–H groups in total. The second-order valence-corrected chi connectivity index (χ2v) is 4.57. The number of esters is 1. The van der Waals surface area contributed by atoms with Gasteiger partial charge in [-0.3, -0.25) is 9.69 Å². The normalized spacial score (nSPS) is 17.9. The predicted octanol–water partition coefficient (Wildman–Crippen LogP) is 2.06. The van der Waals surface area contributed by atoms with Crippen LogP contribution in [-0.2, 0) is 9.53 Å². The lowest BCUT2D eigenvalue weighted by atomic mass is 10.2. The Kier molecular flexibility index (Phi) is 5.09. The van der Waals surface area contributed by atoms with Crippen LogP contribution in [0, 0.1) is 5.92 Å². The third-order valence-electron chi connectivity index (χ3n) is 3.14. The standard InChI is InChI=1S/C12H23NO2/c1-4-5-8-15-12(14)9-13(3)10(2)11-6-7-11/h10-11H,4-9H2,1-3H3. The van der Waals surface area contributed by atoms with E-state index in [9.17, 15) is 4.79 Å². The zero-order valence-corrected chi connectivity index (χ0v) is 10.2. The number of carbonyl (C=O) groups is 1. The molecule has 0 spiro atoms. The van der Waals surface area contributed by atoms with Gasteiger partial charge in [0.05, 0.1) is 13.2 Å². The van der Waals surface area contributed by atoms with Crippen molar-refractivity contribution in [2.24, 2.45) is 5.92 Å². The Balaban J connectivity index is 2.12. The van der Waals surface area contributed by atoms with E-state index in [1.165, 1.54) is 12.8 Å². The van der Waals surface area contributed by atoms with Gasteiger partial charge in [-0.2, -0.15) is 0 Å². The first-order chi connectivity index (χ1) is 7.15. The fraction of sp³-hybridized carbons (Fsp3) is 0.917. The molecule has 0 saturated heterocycles. The summed E-state index contributed by atoms with van der Waals surface area (Å²) in [5, 5.41) is 0. The highest BCUT2D eigenvalue weighted by Crippen LogP contribution is 2.34. The molecular formula is C12H23NO2. The van der Waals surface area contributed by atoms with Gasteiger partial charge in [-0.25, -0.2) is 0 Å². The maximum Gasteiger partial charge on any atom is 0.320 e. The minimum Gasteiger partial charge on any atom is -0.465 e. The Hall–Kier alpha value is -0.570. The summed E-state index contributed by atoms with van der Waals surface area (Å²) >= 11 is 0. The van der Waals surface area contributed by atoms with Crippen molar-refractivity contribution in [3.05, 3.63) is 0 Å². The fourth-order valence-corrected chi connectivity index (χ4v) is 1.66. The molecule has 1 aliphatic rings. The molecule has 0 aliphatic heterocycles. The number of likely N-dealkylation sites (N-methyl/N-ethyl adjacent to an activating group) is 1. The van der Waals surface area contributed by atoms with Gasteiger partial charge in [-0.15, -0.1) is 0 Å². The minimum absolute atomic E-state index is 0.0848. The molecular weight excluding hydrogens is 190 g/mol. The van der Waals surface area contributed by atoms with Crippen LogP contribution in [0.3, 0.4) is 0 Å². The van der Waals surface area contributed by atoms with Crippen molar-refractivity contribution >= 4 is 5.97 Å². The van der Waals surface area contributed by atoms with Gasteiger partial charge >= 0.3 is 5.97 Å². The first-order valence-electron chi connectivity index (χ1n) is 6.01. The molecule has 1 atom stereocenters. The molecule has 0 radical (unpaired) electrons. The van der Waals surface area contributed by atoms with Crippen LogP contribution in [0.25, 0.3) is 0 Å². The number of ether oxygens (including phenoxy) is 1. The van der Waals surface area contributed by atoms with E-state index >= 15 is 0 Å². The predicted molar refractivity (Wildman–Crippen MR) is 60.7 cm³/mol. The quantitative estimate of drug-likeness (QED) is 0.479. The molecule has 15 heavy (non-hydrogen) atoms. The Labute approximate surface area is 92.8 Å². The number of rotatable bonds is 7. The summed E-state index contributed by atoms with van der Waals surface area (Å²) in [5.74, 6) is 0.719. The Bertz CT molecular complexity index is 202. The Morgan fingerprint density at radius 3 is 2.73 bits per heavy atom. The number of nitrogens with zero attached hydrogens (tertiary/aromatic N) is 1. The fourth-order valence-electron chi connectivity index (χ4n) is 1.66. The second kappa shape index (κ2) is 6.11.